The number of aliphatic hydroxyl groups is 1. The van der Waals surface area contributed by atoms with Crippen LogP contribution in [-0.2, 0) is 4.79 Å². The lowest BCUT2D eigenvalue weighted by Gasteiger charge is -2.41. The van der Waals surface area contributed by atoms with Crippen LogP contribution in [0.4, 0.5) is 11.1 Å². The molecule has 0 spiro atoms. The molecular weight excluding hydrogens is 448 g/mol. The van der Waals surface area contributed by atoms with Crippen molar-refractivity contribution in [1.82, 2.24) is 19.9 Å². The average molecular weight is 475 g/mol. The Morgan fingerprint density at radius 2 is 2.06 bits per heavy atom. The van der Waals surface area contributed by atoms with Crippen molar-refractivity contribution in [2.45, 2.75) is 30.5 Å². The number of carboxylic acids is 1. The van der Waals surface area contributed by atoms with Crippen LogP contribution < -0.4 is 10.6 Å². The first-order valence-corrected chi connectivity index (χ1v) is 12.4. The van der Waals surface area contributed by atoms with Crippen LogP contribution in [0.15, 0.2) is 35.5 Å². The van der Waals surface area contributed by atoms with Gasteiger partial charge in [0.25, 0.3) is 0 Å². The number of rotatable bonds is 10. The van der Waals surface area contributed by atoms with E-state index in [1.54, 1.807) is 29.1 Å². The fraction of sp³-hybridized carbons (Fsp3) is 0.429. The van der Waals surface area contributed by atoms with Gasteiger partial charge in [-0.15, -0.1) is 11.8 Å². The van der Waals surface area contributed by atoms with Crippen LogP contribution in [-0.4, -0.2) is 68.0 Å². The minimum absolute atomic E-state index is 0.322. The molecule has 1 aliphatic heterocycles. The number of hydrogen-bond acceptors (Lipinski definition) is 10. The van der Waals surface area contributed by atoms with Gasteiger partial charge in [0.1, 0.15) is 12.3 Å². The molecule has 1 aromatic carbocycles. The summed E-state index contributed by atoms with van der Waals surface area (Å²) in [6, 6.07) is 4.94. The number of benzene rings is 1. The largest absolute Gasteiger partial charge is 0.480 e. The third kappa shape index (κ3) is 5.12. The maximum Gasteiger partial charge on any atom is 0.321 e. The first-order chi connectivity index (χ1) is 15.4. The Bertz CT molecular complexity index is 1080. The summed E-state index contributed by atoms with van der Waals surface area (Å²) in [7, 11) is 0. The number of likely N-dealkylation sites (tertiary alicyclic amines) is 1. The molecule has 3 aromatic rings. The molecule has 4 N–H and O–H groups in total. The van der Waals surface area contributed by atoms with Gasteiger partial charge in [0.15, 0.2) is 5.13 Å². The number of thioether (sulfide) groups is 1. The third-order valence-corrected chi connectivity index (χ3v) is 7.10. The minimum atomic E-state index is -0.925. The fourth-order valence-electron chi connectivity index (χ4n) is 3.45. The zero-order chi connectivity index (χ0) is 22.7. The summed E-state index contributed by atoms with van der Waals surface area (Å²) in [5.74, 6) is 0.0449. The SMILES string of the molecule is CSc1cnc(NC[C@H](C)CNc2nc3ccc(C(O)N4CCC4C(=O)O)cc3s2)nc1. The Morgan fingerprint density at radius 1 is 1.31 bits per heavy atom. The summed E-state index contributed by atoms with van der Waals surface area (Å²) < 4.78 is 0.949. The molecule has 2 aromatic heterocycles. The predicted molar refractivity (Wildman–Crippen MR) is 127 cm³/mol. The standard InChI is InChI=1S/C21H26N6O3S2/c1-12(8-22-20-23-10-14(31-2)11-24-20)9-25-21-26-15-4-3-13(7-17(15)32-21)18(28)27-6-5-16(27)19(29)30/h3-4,7,10-12,16,18,28H,5-6,8-9H2,1-2H3,(H,25,26)(H,29,30)(H,22,23,24)/t12-,16?,18?/m0/s1. The van der Waals surface area contributed by atoms with Crippen LogP contribution in [0.3, 0.4) is 0 Å². The highest BCUT2D eigenvalue weighted by atomic mass is 32.2. The van der Waals surface area contributed by atoms with Crippen LogP contribution in [0.5, 0.6) is 0 Å². The highest BCUT2D eigenvalue weighted by molar-refractivity contribution is 7.98. The van der Waals surface area contributed by atoms with Crippen molar-refractivity contribution in [2.75, 3.05) is 36.5 Å². The number of carbonyl (C=O) groups is 1. The molecule has 4 rings (SSSR count). The highest BCUT2D eigenvalue weighted by Crippen LogP contribution is 2.33. The van der Waals surface area contributed by atoms with Gasteiger partial charge in [0.2, 0.25) is 5.95 Å². The summed E-state index contributed by atoms with van der Waals surface area (Å²) >= 11 is 3.13. The molecule has 1 saturated heterocycles. The first-order valence-electron chi connectivity index (χ1n) is 10.4. The molecule has 0 aliphatic carbocycles. The molecular formula is C21H26N6O3S2. The second-order valence-electron chi connectivity index (χ2n) is 7.81. The van der Waals surface area contributed by atoms with Gasteiger partial charge >= 0.3 is 5.97 Å². The Morgan fingerprint density at radius 3 is 2.72 bits per heavy atom. The van der Waals surface area contributed by atoms with Crippen molar-refractivity contribution in [3.63, 3.8) is 0 Å². The summed E-state index contributed by atoms with van der Waals surface area (Å²) in [6.07, 6.45) is 5.24. The van der Waals surface area contributed by atoms with Gasteiger partial charge in [-0.2, -0.15) is 0 Å². The van der Waals surface area contributed by atoms with Gasteiger partial charge in [0, 0.05) is 36.9 Å². The molecule has 3 atom stereocenters. The Kier molecular flexibility index (Phi) is 7.09. The number of nitrogens with one attached hydrogen (secondary N) is 2. The predicted octanol–water partition coefficient (Wildman–Crippen LogP) is 3.12. The number of hydrogen-bond donors (Lipinski definition) is 4. The monoisotopic (exact) mass is 474 g/mol. The number of aliphatic hydroxyl groups excluding tert-OH is 1. The van der Waals surface area contributed by atoms with Crippen LogP contribution in [0, 0.1) is 5.92 Å². The number of aliphatic carboxylic acids is 1. The topological polar surface area (TPSA) is 124 Å². The van der Waals surface area contributed by atoms with E-state index in [-0.39, 0.29) is 0 Å². The number of nitrogens with zero attached hydrogens (tertiary/aromatic N) is 4. The summed E-state index contributed by atoms with van der Waals surface area (Å²) in [5, 5.41) is 27.3. The molecule has 3 heterocycles. The number of anilines is 2. The molecule has 0 radical (unpaired) electrons. The molecule has 1 fully saturated rings. The smallest absolute Gasteiger partial charge is 0.321 e. The Hall–Kier alpha value is -2.47. The van der Waals surface area contributed by atoms with Crippen LogP contribution in [0.2, 0.25) is 0 Å². The maximum atomic E-state index is 11.2. The van der Waals surface area contributed by atoms with Gasteiger partial charge in [-0.3, -0.25) is 9.69 Å². The minimum Gasteiger partial charge on any atom is -0.480 e. The molecule has 32 heavy (non-hydrogen) atoms. The molecule has 9 nitrogen and oxygen atoms in total. The highest BCUT2D eigenvalue weighted by Gasteiger charge is 2.38. The molecule has 11 heteroatoms. The van der Waals surface area contributed by atoms with Gasteiger partial charge < -0.3 is 20.8 Å². The van der Waals surface area contributed by atoms with Crippen molar-refractivity contribution in [1.29, 1.82) is 0 Å². The van der Waals surface area contributed by atoms with Gasteiger partial charge in [-0.1, -0.05) is 24.3 Å². The van der Waals surface area contributed by atoms with Crippen LogP contribution >= 0.6 is 23.1 Å². The lowest BCUT2D eigenvalue weighted by Crippen LogP contribution is -2.53. The summed E-state index contributed by atoms with van der Waals surface area (Å²) in [6.45, 7) is 4.17. The van der Waals surface area contributed by atoms with E-state index in [0.29, 0.717) is 30.4 Å². The van der Waals surface area contributed by atoms with E-state index in [2.05, 4.69) is 32.5 Å². The van der Waals surface area contributed by atoms with Gasteiger partial charge in [-0.05, 0) is 36.3 Å². The van der Waals surface area contributed by atoms with Crippen molar-refractivity contribution in [2.24, 2.45) is 5.92 Å². The van der Waals surface area contributed by atoms with E-state index in [1.807, 2.05) is 24.5 Å². The number of fused-ring (bicyclic) bond motifs is 1. The Labute approximate surface area is 194 Å². The van der Waals surface area contributed by atoms with Crippen molar-refractivity contribution in [3.05, 3.63) is 36.2 Å². The van der Waals surface area contributed by atoms with Crippen molar-refractivity contribution < 1.29 is 15.0 Å². The van der Waals surface area contributed by atoms with Gasteiger partial charge in [-0.25, -0.2) is 15.0 Å². The van der Waals surface area contributed by atoms with E-state index in [4.69, 9.17) is 0 Å². The van der Waals surface area contributed by atoms with Crippen LogP contribution in [0.25, 0.3) is 10.2 Å². The van der Waals surface area contributed by atoms with E-state index in [9.17, 15) is 15.0 Å². The molecule has 0 saturated carbocycles. The van der Waals surface area contributed by atoms with Gasteiger partial charge in [0.05, 0.1) is 10.2 Å². The number of thiazole rings is 1. The molecule has 1 aliphatic rings. The Balaban J connectivity index is 1.32. The van der Waals surface area contributed by atoms with E-state index in [0.717, 1.165) is 33.3 Å². The second kappa shape index (κ2) is 9.99. The maximum absolute atomic E-state index is 11.2. The van der Waals surface area contributed by atoms with E-state index in [1.165, 1.54) is 11.3 Å². The lowest BCUT2D eigenvalue weighted by molar-refractivity contribution is -0.159. The van der Waals surface area contributed by atoms with Crippen molar-refractivity contribution >= 4 is 50.4 Å². The van der Waals surface area contributed by atoms with Crippen LogP contribution in [0.1, 0.15) is 25.1 Å². The summed E-state index contributed by atoms with van der Waals surface area (Å²) in [5.41, 5.74) is 1.53. The number of carboxylic acid groups (broad SMARTS) is 1. The fourth-order valence-corrected chi connectivity index (χ4v) is 4.68. The molecule has 170 valence electrons. The quantitative estimate of drug-likeness (QED) is 0.326. The lowest BCUT2D eigenvalue weighted by atomic mass is 10.0. The zero-order valence-corrected chi connectivity index (χ0v) is 19.5. The number of aromatic nitrogens is 3. The second-order valence-corrected chi connectivity index (χ2v) is 9.72. The normalized spacial score (nSPS) is 18.2. The molecule has 2 unspecified atom stereocenters. The summed E-state index contributed by atoms with van der Waals surface area (Å²) in [4.78, 5) is 27.1. The zero-order valence-electron chi connectivity index (χ0n) is 17.9. The first kappa shape index (κ1) is 22.7. The van der Waals surface area contributed by atoms with E-state index < -0.39 is 18.2 Å². The third-order valence-electron chi connectivity index (χ3n) is 5.45. The van der Waals surface area contributed by atoms with Crippen molar-refractivity contribution in [3.8, 4) is 0 Å². The average Bonchev–Trinajstić information content (AvgIpc) is 3.17. The molecule has 0 amide bonds. The van der Waals surface area contributed by atoms with E-state index >= 15 is 0 Å². The molecule has 0 bridgehead atoms.